The molecule has 0 saturated heterocycles. The standard InChI is InChI=1S/C16H20FNO2/c17-14-6-3-4-12(10-14)8-9-16(20)18-15-7-2-1-5-13(15)11-19/h3-4,6,8-10,13,15,19H,1-2,5,7,11H2,(H,18,20)/b9-8+. The minimum absolute atomic E-state index is 0.0402. The van der Waals surface area contributed by atoms with Crippen LogP contribution >= 0.6 is 0 Å². The van der Waals surface area contributed by atoms with Gasteiger partial charge in [-0.25, -0.2) is 4.39 Å². The number of hydrogen-bond acceptors (Lipinski definition) is 2. The third-order valence-electron chi connectivity index (χ3n) is 3.75. The SMILES string of the molecule is O=C(/C=C/c1cccc(F)c1)NC1CCCCC1CO. The van der Waals surface area contributed by atoms with Gasteiger partial charge in [-0.3, -0.25) is 4.79 Å². The number of hydrogen-bond donors (Lipinski definition) is 2. The molecule has 108 valence electrons. The molecule has 2 N–H and O–H groups in total. The average molecular weight is 277 g/mol. The number of halogens is 1. The molecule has 1 aliphatic carbocycles. The highest BCUT2D eigenvalue weighted by atomic mass is 19.1. The maximum atomic E-state index is 13.0. The van der Waals surface area contributed by atoms with E-state index in [0.29, 0.717) is 5.56 Å². The predicted octanol–water partition coefficient (Wildman–Crippen LogP) is 2.51. The molecular formula is C16H20FNO2. The Labute approximate surface area is 118 Å². The minimum atomic E-state index is -0.319. The third-order valence-corrected chi connectivity index (χ3v) is 3.75. The number of aliphatic hydroxyl groups excluding tert-OH is 1. The number of rotatable bonds is 4. The van der Waals surface area contributed by atoms with Crippen LogP contribution in [0.4, 0.5) is 4.39 Å². The van der Waals surface area contributed by atoms with Crippen molar-refractivity contribution in [3.05, 3.63) is 41.7 Å². The molecule has 0 spiro atoms. The van der Waals surface area contributed by atoms with Crippen LogP contribution in [0.2, 0.25) is 0 Å². The van der Waals surface area contributed by atoms with Crippen molar-refractivity contribution in [3.8, 4) is 0 Å². The molecule has 3 nitrogen and oxygen atoms in total. The van der Waals surface area contributed by atoms with Gasteiger partial charge in [0.2, 0.25) is 5.91 Å². The number of nitrogens with one attached hydrogen (secondary N) is 1. The number of benzene rings is 1. The molecule has 1 fully saturated rings. The molecule has 0 radical (unpaired) electrons. The number of aliphatic hydroxyl groups is 1. The summed E-state index contributed by atoms with van der Waals surface area (Å²) in [4.78, 5) is 11.9. The van der Waals surface area contributed by atoms with E-state index < -0.39 is 0 Å². The molecule has 1 aromatic carbocycles. The van der Waals surface area contributed by atoms with Gasteiger partial charge in [0, 0.05) is 24.6 Å². The first-order valence-electron chi connectivity index (χ1n) is 7.04. The molecule has 0 aromatic heterocycles. The Morgan fingerprint density at radius 3 is 2.95 bits per heavy atom. The molecule has 2 rings (SSSR count). The molecule has 1 aliphatic rings. The normalized spacial score (nSPS) is 22.9. The Kier molecular flexibility index (Phi) is 5.30. The first-order valence-corrected chi connectivity index (χ1v) is 7.04. The van der Waals surface area contributed by atoms with Gasteiger partial charge in [0.05, 0.1) is 0 Å². The summed E-state index contributed by atoms with van der Waals surface area (Å²) in [6.07, 6.45) is 7.05. The van der Waals surface area contributed by atoms with Crippen LogP contribution in [0.15, 0.2) is 30.3 Å². The Balaban J connectivity index is 1.91. The topological polar surface area (TPSA) is 49.3 Å². The van der Waals surface area contributed by atoms with Gasteiger partial charge in [-0.15, -0.1) is 0 Å². The van der Waals surface area contributed by atoms with Gasteiger partial charge in [0.15, 0.2) is 0 Å². The number of carbonyl (C=O) groups excluding carboxylic acids is 1. The predicted molar refractivity (Wildman–Crippen MR) is 76.4 cm³/mol. The summed E-state index contributed by atoms with van der Waals surface area (Å²) in [5.74, 6) is -0.366. The highest BCUT2D eigenvalue weighted by molar-refractivity contribution is 5.91. The monoisotopic (exact) mass is 277 g/mol. The van der Waals surface area contributed by atoms with E-state index in [1.165, 1.54) is 18.2 Å². The summed E-state index contributed by atoms with van der Waals surface area (Å²) in [5, 5.41) is 12.2. The zero-order valence-corrected chi connectivity index (χ0v) is 11.4. The van der Waals surface area contributed by atoms with Crippen molar-refractivity contribution < 1.29 is 14.3 Å². The zero-order valence-electron chi connectivity index (χ0n) is 11.4. The van der Waals surface area contributed by atoms with E-state index in [1.54, 1.807) is 18.2 Å². The summed E-state index contributed by atoms with van der Waals surface area (Å²) in [5.41, 5.74) is 0.655. The Morgan fingerprint density at radius 2 is 2.20 bits per heavy atom. The van der Waals surface area contributed by atoms with Crippen LogP contribution in [-0.4, -0.2) is 23.7 Å². The maximum absolute atomic E-state index is 13.0. The van der Waals surface area contributed by atoms with Crippen LogP contribution in [0.1, 0.15) is 31.2 Å². The molecule has 0 heterocycles. The number of amides is 1. The van der Waals surface area contributed by atoms with Crippen molar-refractivity contribution in [1.29, 1.82) is 0 Å². The lowest BCUT2D eigenvalue weighted by Gasteiger charge is -2.30. The van der Waals surface area contributed by atoms with Crippen LogP contribution in [0.5, 0.6) is 0 Å². The van der Waals surface area contributed by atoms with Crippen molar-refractivity contribution in [2.45, 2.75) is 31.7 Å². The molecule has 1 saturated carbocycles. The largest absolute Gasteiger partial charge is 0.396 e. The second-order valence-corrected chi connectivity index (χ2v) is 5.23. The van der Waals surface area contributed by atoms with Gasteiger partial charge in [0.1, 0.15) is 5.82 Å². The van der Waals surface area contributed by atoms with E-state index in [0.717, 1.165) is 25.7 Å². The van der Waals surface area contributed by atoms with Crippen molar-refractivity contribution in [3.63, 3.8) is 0 Å². The lowest BCUT2D eigenvalue weighted by molar-refractivity contribution is -0.117. The van der Waals surface area contributed by atoms with Crippen molar-refractivity contribution >= 4 is 12.0 Å². The van der Waals surface area contributed by atoms with Gasteiger partial charge in [-0.2, -0.15) is 0 Å². The summed E-state index contributed by atoms with van der Waals surface area (Å²) in [7, 11) is 0. The molecule has 1 aromatic rings. The average Bonchev–Trinajstić information content (AvgIpc) is 2.46. The Hall–Kier alpha value is -1.68. The van der Waals surface area contributed by atoms with Crippen LogP contribution in [0.25, 0.3) is 6.08 Å². The fourth-order valence-electron chi connectivity index (χ4n) is 2.63. The van der Waals surface area contributed by atoms with Gasteiger partial charge < -0.3 is 10.4 Å². The van der Waals surface area contributed by atoms with E-state index in [9.17, 15) is 14.3 Å². The van der Waals surface area contributed by atoms with Crippen molar-refractivity contribution in [2.75, 3.05) is 6.61 Å². The highest BCUT2D eigenvalue weighted by Gasteiger charge is 2.25. The molecule has 0 aliphatic heterocycles. The first kappa shape index (κ1) is 14.7. The van der Waals surface area contributed by atoms with E-state index >= 15 is 0 Å². The zero-order chi connectivity index (χ0) is 14.4. The molecule has 1 amide bonds. The molecule has 20 heavy (non-hydrogen) atoms. The summed E-state index contributed by atoms with van der Waals surface area (Å²) < 4.78 is 13.0. The summed E-state index contributed by atoms with van der Waals surface area (Å²) >= 11 is 0. The summed E-state index contributed by atoms with van der Waals surface area (Å²) in [6.45, 7) is 0.110. The van der Waals surface area contributed by atoms with Crippen molar-refractivity contribution in [1.82, 2.24) is 5.32 Å². The van der Waals surface area contributed by atoms with Gasteiger partial charge in [-0.1, -0.05) is 25.0 Å². The Morgan fingerprint density at radius 1 is 1.40 bits per heavy atom. The Bertz CT molecular complexity index is 487. The van der Waals surface area contributed by atoms with E-state index in [2.05, 4.69) is 5.32 Å². The van der Waals surface area contributed by atoms with E-state index in [-0.39, 0.29) is 30.3 Å². The van der Waals surface area contributed by atoms with Crippen molar-refractivity contribution in [2.24, 2.45) is 5.92 Å². The maximum Gasteiger partial charge on any atom is 0.244 e. The number of carbonyl (C=O) groups is 1. The summed E-state index contributed by atoms with van der Waals surface area (Å²) in [6, 6.07) is 6.13. The fraction of sp³-hybridized carbons (Fsp3) is 0.438. The molecule has 2 unspecified atom stereocenters. The molecule has 4 heteroatoms. The van der Waals surface area contributed by atoms with Gasteiger partial charge in [0.25, 0.3) is 0 Å². The minimum Gasteiger partial charge on any atom is -0.396 e. The van der Waals surface area contributed by atoms with Crippen LogP contribution in [0, 0.1) is 11.7 Å². The molecule has 0 bridgehead atoms. The fourth-order valence-corrected chi connectivity index (χ4v) is 2.63. The molecular weight excluding hydrogens is 257 g/mol. The second-order valence-electron chi connectivity index (χ2n) is 5.23. The van der Waals surface area contributed by atoms with Crippen LogP contribution in [-0.2, 0) is 4.79 Å². The quantitative estimate of drug-likeness (QED) is 0.831. The van der Waals surface area contributed by atoms with Crippen LogP contribution in [0.3, 0.4) is 0 Å². The highest BCUT2D eigenvalue weighted by Crippen LogP contribution is 2.23. The second kappa shape index (κ2) is 7.20. The molecule has 2 atom stereocenters. The third kappa shape index (κ3) is 4.17. The van der Waals surface area contributed by atoms with E-state index in [4.69, 9.17) is 0 Å². The van der Waals surface area contributed by atoms with Gasteiger partial charge in [-0.05, 0) is 36.6 Å². The smallest absolute Gasteiger partial charge is 0.244 e. The van der Waals surface area contributed by atoms with Gasteiger partial charge >= 0.3 is 0 Å². The van der Waals surface area contributed by atoms with Crippen LogP contribution < -0.4 is 5.32 Å². The lowest BCUT2D eigenvalue weighted by atomic mass is 9.85. The first-order chi connectivity index (χ1) is 9.69. The van der Waals surface area contributed by atoms with E-state index in [1.807, 2.05) is 0 Å². The lowest BCUT2D eigenvalue weighted by Crippen LogP contribution is -2.42.